The number of carbonyl (C=O) groups excluding carboxylic acids is 2. The van der Waals surface area contributed by atoms with E-state index in [1.54, 1.807) is 45.9 Å². The van der Waals surface area contributed by atoms with E-state index < -0.39 is 31.6 Å². The number of rotatable bonds is 9. The molecule has 3 aliphatic rings. The Morgan fingerprint density at radius 2 is 1.90 bits per heavy atom. The van der Waals surface area contributed by atoms with Crippen LogP contribution in [0.3, 0.4) is 0 Å². The summed E-state index contributed by atoms with van der Waals surface area (Å²) in [6.07, 6.45) is 2.04. The molecule has 1 aromatic heterocycles. The first kappa shape index (κ1) is 32.4. The first-order chi connectivity index (χ1) is 23.0. The molecular formula is C35H37ClFN5O5Si. The van der Waals surface area contributed by atoms with Crippen LogP contribution >= 0.6 is 11.6 Å². The van der Waals surface area contributed by atoms with E-state index in [9.17, 15) is 14.7 Å². The second kappa shape index (κ2) is 12.4. The maximum absolute atomic E-state index is 16.3. The van der Waals surface area contributed by atoms with Gasteiger partial charge in [-0.1, -0.05) is 48.0 Å². The number of hydrogen-bond acceptors (Lipinski definition) is 7. The van der Waals surface area contributed by atoms with Gasteiger partial charge in [-0.3, -0.25) is 19.2 Å². The fourth-order valence-electron chi connectivity index (χ4n) is 7.74. The summed E-state index contributed by atoms with van der Waals surface area (Å²) in [5.41, 5.74) is 2.19. The lowest BCUT2D eigenvalue weighted by Crippen LogP contribution is -2.45. The quantitative estimate of drug-likeness (QED) is 0.171. The van der Waals surface area contributed by atoms with Crippen molar-refractivity contribution in [3.05, 3.63) is 94.8 Å². The maximum atomic E-state index is 16.3. The molecule has 4 atom stereocenters. The van der Waals surface area contributed by atoms with Crippen molar-refractivity contribution in [3.8, 4) is 5.75 Å². The number of aliphatic hydroxyl groups is 1. The summed E-state index contributed by atoms with van der Waals surface area (Å²) in [7, 11) is -3.37. The lowest BCUT2D eigenvalue weighted by molar-refractivity contribution is -0.146. The molecule has 7 rings (SSSR count). The normalized spacial score (nSPS) is 23.5. The third kappa shape index (κ3) is 5.50. The van der Waals surface area contributed by atoms with Gasteiger partial charge in [0, 0.05) is 53.5 Å². The van der Waals surface area contributed by atoms with E-state index >= 15 is 4.11 Å². The average Bonchev–Trinajstić information content (AvgIpc) is 3.70. The highest BCUT2D eigenvalue weighted by Crippen LogP contribution is 2.60. The number of aromatic nitrogens is 3. The van der Waals surface area contributed by atoms with Gasteiger partial charge in [-0.15, -0.1) is 5.10 Å². The number of aliphatic hydroxyl groups excluding tert-OH is 1. The number of benzene rings is 3. The van der Waals surface area contributed by atoms with Gasteiger partial charge in [0.15, 0.2) is 12.2 Å². The van der Waals surface area contributed by atoms with E-state index in [2.05, 4.69) is 10.3 Å². The monoisotopic (exact) mass is 689 g/mol. The van der Waals surface area contributed by atoms with Crippen LogP contribution in [0, 0.1) is 5.92 Å². The summed E-state index contributed by atoms with van der Waals surface area (Å²) in [5.74, 6) is -0.309. The molecule has 0 radical (unpaired) electrons. The van der Waals surface area contributed by atoms with Crippen molar-refractivity contribution in [1.82, 2.24) is 15.0 Å². The number of nitrogens with zero attached hydrogens (tertiary/aromatic N) is 5. The molecule has 0 bridgehead atoms. The van der Waals surface area contributed by atoms with E-state index in [0.29, 0.717) is 58.5 Å². The topological polar surface area (TPSA) is 110 Å². The highest BCUT2D eigenvalue weighted by atomic mass is 35.5. The van der Waals surface area contributed by atoms with Crippen LogP contribution in [0.1, 0.15) is 30.2 Å². The molecule has 3 aromatic carbocycles. The summed E-state index contributed by atoms with van der Waals surface area (Å²) >= 11 is 6.55. The molecule has 1 saturated heterocycles. The molecule has 250 valence electrons. The van der Waals surface area contributed by atoms with Crippen LogP contribution in [-0.4, -0.2) is 59.6 Å². The third-order valence-electron chi connectivity index (χ3n) is 9.74. The van der Waals surface area contributed by atoms with Crippen LogP contribution in [0.4, 0.5) is 21.2 Å². The Morgan fingerprint density at radius 1 is 1.08 bits per heavy atom. The minimum Gasteiger partial charge on any atom is -0.482 e. The van der Waals surface area contributed by atoms with Crippen molar-refractivity contribution < 1.29 is 28.3 Å². The number of aryl methyl sites for hydroxylation is 1. The Kier molecular flexibility index (Phi) is 8.39. The number of anilines is 3. The summed E-state index contributed by atoms with van der Waals surface area (Å²) in [6.45, 7) is 5.78. The van der Waals surface area contributed by atoms with Crippen molar-refractivity contribution in [2.24, 2.45) is 5.92 Å². The van der Waals surface area contributed by atoms with Gasteiger partial charge in [-0.05, 0) is 67.5 Å². The van der Waals surface area contributed by atoms with Gasteiger partial charge < -0.3 is 23.6 Å². The predicted octanol–water partition coefficient (Wildman–Crippen LogP) is 5.94. The average molecular weight is 690 g/mol. The van der Waals surface area contributed by atoms with E-state index in [1.165, 1.54) is 0 Å². The van der Waals surface area contributed by atoms with Crippen molar-refractivity contribution in [2.45, 2.75) is 63.2 Å². The standard InChI is InChI=1S/C35H37ClFN5O5Si/c1-22-33(48(2,3)37)31(13-15-40-20-25(14-16-43)38-39-40)47-35(22)27-18-24(36)11-12-28(27)41(34(35)45)19-23-7-6-8-26(17-23)42-29-9-4-5-10-30(29)46-21-32(42)44/h4-12,17-18,20,22,31,33,43H,13-16,19,21H2,1-3H3/t22-,31+,33-,35+/m0/s1. The van der Waals surface area contributed by atoms with E-state index in [1.807, 2.05) is 61.5 Å². The van der Waals surface area contributed by atoms with Gasteiger partial charge >= 0.3 is 0 Å². The first-order valence-electron chi connectivity index (χ1n) is 16.1. The smallest absolute Gasteiger partial charge is 0.269 e. The maximum Gasteiger partial charge on any atom is 0.269 e. The first-order valence-corrected chi connectivity index (χ1v) is 19.5. The number of fused-ring (bicyclic) bond motifs is 3. The summed E-state index contributed by atoms with van der Waals surface area (Å²) in [5, 5.41) is 18.0. The molecule has 3 aliphatic heterocycles. The summed E-state index contributed by atoms with van der Waals surface area (Å²) < 4.78 is 30.4. The molecule has 13 heteroatoms. The Balaban J connectivity index is 1.21. The van der Waals surface area contributed by atoms with Gasteiger partial charge in [0.05, 0.1) is 29.7 Å². The molecule has 1 spiro atoms. The molecule has 0 saturated carbocycles. The van der Waals surface area contributed by atoms with Gasteiger partial charge in [-0.2, -0.15) is 0 Å². The fourth-order valence-corrected chi connectivity index (χ4v) is 10.5. The van der Waals surface area contributed by atoms with Crippen LogP contribution in [-0.2, 0) is 39.4 Å². The Hall–Kier alpha value is -4.10. The zero-order valence-corrected chi connectivity index (χ0v) is 28.7. The van der Waals surface area contributed by atoms with Crippen molar-refractivity contribution in [3.63, 3.8) is 0 Å². The number of ether oxygens (including phenoxy) is 2. The molecule has 0 unspecified atom stereocenters. The number of para-hydroxylation sites is 2. The lowest BCUT2D eigenvalue weighted by Gasteiger charge is -2.31. The minimum absolute atomic E-state index is 0.0294. The zero-order valence-electron chi connectivity index (χ0n) is 27.0. The highest BCUT2D eigenvalue weighted by molar-refractivity contribution is 6.72. The minimum atomic E-state index is -3.37. The molecule has 4 aromatic rings. The third-order valence-corrected chi connectivity index (χ3v) is 12.4. The Labute approximate surface area is 284 Å². The SMILES string of the molecule is C[C@H]1[C@H]([Si](C)(C)F)[C@@H](CCn2cc(CCO)nn2)O[C@]12C(=O)N(Cc1cccc(N3C(=O)COc4ccccc43)c1)c1ccc(Cl)cc12. The molecule has 10 nitrogen and oxygen atoms in total. The second-order valence-electron chi connectivity index (χ2n) is 13.2. The zero-order chi connectivity index (χ0) is 33.8. The largest absolute Gasteiger partial charge is 0.482 e. The van der Waals surface area contributed by atoms with E-state index in [0.717, 1.165) is 5.56 Å². The van der Waals surface area contributed by atoms with Crippen molar-refractivity contribution in [2.75, 3.05) is 23.0 Å². The number of hydrogen-bond donors (Lipinski definition) is 1. The molecule has 0 aliphatic carbocycles. The predicted molar refractivity (Wildman–Crippen MR) is 182 cm³/mol. The van der Waals surface area contributed by atoms with Crippen LogP contribution < -0.4 is 14.5 Å². The van der Waals surface area contributed by atoms with Crippen LogP contribution in [0.2, 0.25) is 23.7 Å². The number of amides is 2. The van der Waals surface area contributed by atoms with Crippen LogP contribution in [0.25, 0.3) is 0 Å². The fraction of sp³-hybridized carbons (Fsp3) is 0.371. The van der Waals surface area contributed by atoms with Crippen LogP contribution in [0.5, 0.6) is 5.75 Å². The lowest BCUT2D eigenvalue weighted by atomic mass is 9.82. The Morgan fingerprint density at radius 3 is 2.69 bits per heavy atom. The van der Waals surface area contributed by atoms with Crippen LogP contribution in [0.15, 0.2) is 72.9 Å². The molecule has 4 heterocycles. The summed E-state index contributed by atoms with van der Waals surface area (Å²) in [6, 6.07) is 20.3. The number of carbonyl (C=O) groups is 2. The number of halogens is 2. The van der Waals surface area contributed by atoms with E-state index in [-0.39, 0.29) is 31.6 Å². The van der Waals surface area contributed by atoms with Gasteiger partial charge in [0.25, 0.3) is 11.8 Å². The van der Waals surface area contributed by atoms with Gasteiger partial charge in [0.2, 0.25) is 8.41 Å². The van der Waals surface area contributed by atoms with E-state index in [4.69, 9.17) is 21.1 Å². The molecule has 48 heavy (non-hydrogen) atoms. The molecular weight excluding hydrogens is 653 g/mol. The van der Waals surface area contributed by atoms with Gasteiger partial charge in [0.1, 0.15) is 5.75 Å². The summed E-state index contributed by atoms with van der Waals surface area (Å²) in [4.78, 5) is 31.2. The molecule has 1 N–H and O–H groups in total. The van der Waals surface area contributed by atoms with Gasteiger partial charge in [-0.25, -0.2) is 0 Å². The highest BCUT2D eigenvalue weighted by Gasteiger charge is 2.66. The van der Waals surface area contributed by atoms with Crippen molar-refractivity contribution >= 4 is 48.9 Å². The second-order valence-corrected chi connectivity index (χ2v) is 17.4. The molecule has 1 fully saturated rings. The Bertz CT molecular complexity index is 1880. The molecule has 2 amide bonds. The van der Waals surface area contributed by atoms with Crippen molar-refractivity contribution in [1.29, 1.82) is 0 Å².